The van der Waals surface area contributed by atoms with Crippen molar-refractivity contribution in [3.63, 3.8) is 0 Å². The van der Waals surface area contributed by atoms with Crippen LogP contribution in [0.4, 0.5) is 4.39 Å². The summed E-state index contributed by atoms with van der Waals surface area (Å²) in [5, 5.41) is 3.38. The summed E-state index contributed by atoms with van der Waals surface area (Å²) in [6.07, 6.45) is 2.94. The molecule has 0 saturated heterocycles. The molecule has 0 radical (unpaired) electrons. The molecule has 3 heteroatoms. The van der Waals surface area contributed by atoms with Gasteiger partial charge in [0.25, 0.3) is 0 Å². The van der Waals surface area contributed by atoms with Crippen LogP contribution in [-0.2, 0) is 0 Å². The molecule has 1 aromatic rings. The van der Waals surface area contributed by atoms with Gasteiger partial charge in [0.15, 0.2) is 0 Å². The van der Waals surface area contributed by atoms with Gasteiger partial charge in [-0.1, -0.05) is 33.8 Å². The van der Waals surface area contributed by atoms with E-state index in [0.717, 1.165) is 24.8 Å². The minimum absolute atomic E-state index is 0.198. The molecule has 1 aliphatic rings. The van der Waals surface area contributed by atoms with Gasteiger partial charge in [0.2, 0.25) is 0 Å². The largest absolute Gasteiger partial charge is 0.487 e. The van der Waals surface area contributed by atoms with Crippen molar-refractivity contribution in [2.24, 2.45) is 11.8 Å². The van der Waals surface area contributed by atoms with E-state index in [1.165, 1.54) is 12.1 Å². The summed E-state index contributed by atoms with van der Waals surface area (Å²) in [5.74, 6) is 1.59. The Morgan fingerprint density at radius 2 is 1.86 bits per heavy atom. The van der Waals surface area contributed by atoms with Gasteiger partial charge in [-0.25, -0.2) is 4.39 Å². The zero-order chi connectivity index (χ0) is 15.6. The molecule has 0 fully saturated rings. The van der Waals surface area contributed by atoms with Gasteiger partial charge in [-0.15, -0.1) is 0 Å². The molecule has 0 aromatic heterocycles. The molecule has 0 bridgehead atoms. The summed E-state index contributed by atoms with van der Waals surface area (Å²) in [6, 6.07) is 5.13. The Morgan fingerprint density at radius 1 is 1.24 bits per heavy atom. The van der Waals surface area contributed by atoms with E-state index < -0.39 is 0 Å². The number of ether oxygens (including phenoxy) is 1. The highest BCUT2D eigenvalue weighted by molar-refractivity contribution is 5.39. The predicted molar refractivity (Wildman–Crippen MR) is 85.1 cm³/mol. The molecule has 21 heavy (non-hydrogen) atoms. The Hall–Kier alpha value is -1.09. The third-order valence-corrected chi connectivity index (χ3v) is 4.16. The van der Waals surface area contributed by atoms with Crippen molar-refractivity contribution in [1.82, 2.24) is 5.32 Å². The fourth-order valence-corrected chi connectivity index (χ4v) is 3.72. The van der Waals surface area contributed by atoms with Crippen molar-refractivity contribution in [3.8, 4) is 5.75 Å². The minimum Gasteiger partial charge on any atom is -0.487 e. The first kappa shape index (κ1) is 16.3. The number of halogens is 1. The first-order valence-electron chi connectivity index (χ1n) is 8.01. The standard InChI is InChI=1S/C18H28FNO/c1-12(2)9-18(10-13(3)4)11-16(20-5)15-7-6-14(19)8-17(15)21-18/h6-8,12-13,16,20H,9-11H2,1-5H3. The highest BCUT2D eigenvalue weighted by Gasteiger charge is 2.41. The van der Waals surface area contributed by atoms with Gasteiger partial charge < -0.3 is 10.1 Å². The molecule has 2 rings (SSSR count). The molecule has 1 aromatic carbocycles. The number of rotatable bonds is 5. The van der Waals surface area contributed by atoms with Gasteiger partial charge in [-0.05, 0) is 37.8 Å². The Kier molecular flexibility index (Phi) is 4.92. The van der Waals surface area contributed by atoms with E-state index in [4.69, 9.17) is 4.74 Å². The molecule has 1 heterocycles. The second-order valence-corrected chi connectivity index (χ2v) is 7.21. The van der Waals surface area contributed by atoms with Crippen LogP contribution >= 0.6 is 0 Å². The van der Waals surface area contributed by atoms with Crippen molar-refractivity contribution >= 4 is 0 Å². The number of fused-ring (bicyclic) bond motifs is 1. The van der Waals surface area contributed by atoms with E-state index in [0.29, 0.717) is 17.6 Å². The molecule has 1 unspecified atom stereocenters. The SMILES string of the molecule is CNC1CC(CC(C)C)(CC(C)C)Oc2cc(F)ccc21. The lowest BCUT2D eigenvalue weighted by atomic mass is 9.77. The molecule has 0 aliphatic carbocycles. The lowest BCUT2D eigenvalue weighted by Gasteiger charge is -2.44. The Labute approximate surface area is 128 Å². The molecule has 118 valence electrons. The van der Waals surface area contributed by atoms with Crippen molar-refractivity contribution in [3.05, 3.63) is 29.6 Å². The van der Waals surface area contributed by atoms with Gasteiger partial charge in [0, 0.05) is 24.1 Å². The van der Waals surface area contributed by atoms with E-state index in [-0.39, 0.29) is 17.5 Å². The van der Waals surface area contributed by atoms with Crippen LogP contribution < -0.4 is 10.1 Å². The summed E-state index contributed by atoms with van der Waals surface area (Å²) in [4.78, 5) is 0. The molecule has 1 N–H and O–H groups in total. The maximum atomic E-state index is 13.6. The number of hydrogen-bond acceptors (Lipinski definition) is 2. The topological polar surface area (TPSA) is 21.3 Å². The van der Waals surface area contributed by atoms with Gasteiger partial charge >= 0.3 is 0 Å². The van der Waals surface area contributed by atoms with Crippen LogP contribution in [0.2, 0.25) is 0 Å². The van der Waals surface area contributed by atoms with Gasteiger partial charge in [0.1, 0.15) is 17.2 Å². The van der Waals surface area contributed by atoms with Crippen LogP contribution in [0.3, 0.4) is 0 Å². The average molecular weight is 293 g/mol. The van der Waals surface area contributed by atoms with E-state index in [2.05, 4.69) is 33.0 Å². The highest BCUT2D eigenvalue weighted by atomic mass is 19.1. The number of benzene rings is 1. The fraction of sp³-hybridized carbons (Fsp3) is 0.667. The monoisotopic (exact) mass is 293 g/mol. The first-order chi connectivity index (χ1) is 9.85. The molecular formula is C18H28FNO. The van der Waals surface area contributed by atoms with Crippen LogP contribution in [0, 0.1) is 17.7 Å². The summed E-state index contributed by atoms with van der Waals surface area (Å²) >= 11 is 0. The second kappa shape index (κ2) is 6.35. The van der Waals surface area contributed by atoms with Crippen LogP contribution in [-0.4, -0.2) is 12.6 Å². The maximum absolute atomic E-state index is 13.6. The fourth-order valence-electron chi connectivity index (χ4n) is 3.72. The van der Waals surface area contributed by atoms with Crippen molar-refractivity contribution in [2.45, 2.75) is 58.6 Å². The van der Waals surface area contributed by atoms with Gasteiger partial charge in [0.05, 0.1) is 0 Å². The Morgan fingerprint density at radius 3 is 2.38 bits per heavy atom. The molecule has 0 amide bonds. The first-order valence-corrected chi connectivity index (χ1v) is 8.01. The van der Waals surface area contributed by atoms with E-state index in [1.54, 1.807) is 0 Å². The highest BCUT2D eigenvalue weighted by Crippen LogP contribution is 2.45. The Bertz CT molecular complexity index is 474. The zero-order valence-corrected chi connectivity index (χ0v) is 13.9. The number of nitrogens with one attached hydrogen (secondary N) is 1. The zero-order valence-electron chi connectivity index (χ0n) is 13.9. The maximum Gasteiger partial charge on any atom is 0.127 e. The van der Waals surface area contributed by atoms with Crippen LogP contribution in [0.25, 0.3) is 0 Å². The molecule has 1 atom stereocenters. The van der Waals surface area contributed by atoms with E-state index in [1.807, 2.05) is 13.1 Å². The van der Waals surface area contributed by atoms with Crippen molar-refractivity contribution in [1.29, 1.82) is 0 Å². The molecule has 2 nitrogen and oxygen atoms in total. The van der Waals surface area contributed by atoms with Crippen LogP contribution in [0.1, 0.15) is 58.6 Å². The summed E-state index contributed by atoms with van der Waals surface area (Å²) in [7, 11) is 1.97. The van der Waals surface area contributed by atoms with Crippen molar-refractivity contribution < 1.29 is 9.13 Å². The molecule has 0 spiro atoms. The average Bonchev–Trinajstić information content (AvgIpc) is 2.35. The third-order valence-electron chi connectivity index (χ3n) is 4.16. The minimum atomic E-state index is -0.228. The summed E-state index contributed by atoms with van der Waals surface area (Å²) in [6.45, 7) is 8.89. The van der Waals surface area contributed by atoms with Gasteiger partial charge in [-0.2, -0.15) is 0 Å². The van der Waals surface area contributed by atoms with Crippen LogP contribution in [0.15, 0.2) is 18.2 Å². The number of hydrogen-bond donors (Lipinski definition) is 1. The van der Waals surface area contributed by atoms with Gasteiger partial charge in [-0.3, -0.25) is 0 Å². The summed E-state index contributed by atoms with van der Waals surface area (Å²) in [5.41, 5.74) is 0.874. The lowest BCUT2D eigenvalue weighted by Crippen LogP contribution is -2.45. The quantitative estimate of drug-likeness (QED) is 0.849. The molecular weight excluding hydrogens is 265 g/mol. The second-order valence-electron chi connectivity index (χ2n) is 7.21. The molecule has 1 aliphatic heterocycles. The normalized spacial score (nSPS) is 20.5. The van der Waals surface area contributed by atoms with E-state index in [9.17, 15) is 4.39 Å². The predicted octanol–water partition coefficient (Wildman–Crippen LogP) is 4.70. The lowest BCUT2D eigenvalue weighted by molar-refractivity contribution is -0.00550. The van der Waals surface area contributed by atoms with Crippen molar-refractivity contribution in [2.75, 3.05) is 7.05 Å². The van der Waals surface area contributed by atoms with Crippen LogP contribution in [0.5, 0.6) is 5.75 Å². The Balaban J connectivity index is 2.39. The summed E-state index contributed by atoms with van der Waals surface area (Å²) < 4.78 is 20.0. The smallest absolute Gasteiger partial charge is 0.127 e. The molecule has 0 saturated carbocycles. The third kappa shape index (κ3) is 3.76. The van der Waals surface area contributed by atoms with E-state index >= 15 is 0 Å².